The molecular weight excluding hydrogens is 226 g/mol. The molecule has 3 aromatic rings. The van der Waals surface area contributed by atoms with Gasteiger partial charge >= 0.3 is 5.84 Å². The molecule has 0 bridgehead atoms. The van der Waals surface area contributed by atoms with Crippen LogP contribution in [0.1, 0.15) is 15.4 Å². The van der Waals surface area contributed by atoms with Gasteiger partial charge in [0.2, 0.25) is 0 Å². The first kappa shape index (κ1) is 9.29. The van der Waals surface area contributed by atoms with Crippen molar-refractivity contribution < 1.29 is 9.21 Å². The first-order valence-electron chi connectivity index (χ1n) is 4.63. The monoisotopic (exact) mass is 233 g/mol. The summed E-state index contributed by atoms with van der Waals surface area (Å²) in [5.41, 5.74) is 1.58. The zero-order valence-electron chi connectivity index (χ0n) is 8.38. The van der Waals surface area contributed by atoms with Crippen molar-refractivity contribution in [3.8, 4) is 10.7 Å². The van der Waals surface area contributed by atoms with Crippen LogP contribution in [0.2, 0.25) is 0 Å². The zero-order valence-corrected chi connectivity index (χ0v) is 9.19. The van der Waals surface area contributed by atoms with Crippen molar-refractivity contribution >= 4 is 23.5 Å². The molecule has 0 aliphatic heterocycles. The van der Waals surface area contributed by atoms with Crippen LogP contribution in [-0.2, 0) is 0 Å². The van der Waals surface area contributed by atoms with Gasteiger partial charge < -0.3 is 4.42 Å². The summed E-state index contributed by atoms with van der Waals surface area (Å²) >= 11 is 1.35. The van der Waals surface area contributed by atoms with E-state index >= 15 is 0 Å². The number of aryl methyl sites for hydroxylation is 1. The van der Waals surface area contributed by atoms with Crippen LogP contribution in [0.15, 0.2) is 23.1 Å². The third kappa shape index (κ3) is 1.20. The Kier molecular flexibility index (Phi) is 1.90. The summed E-state index contributed by atoms with van der Waals surface area (Å²) in [7, 11) is 0. The number of oxazole rings is 1. The lowest BCUT2D eigenvalue weighted by Gasteiger charge is -1.89. The highest BCUT2D eigenvalue weighted by molar-refractivity contribution is 7.16. The quantitative estimate of drug-likeness (QED) is 0.636. The van der Waals surface area contributed by atoms with Crippen LogP contribution in [0, 0.1) is 6.92 Å². The summed E-state index contributed by atoms with van der Waals surface area (Å²) in [4.78, 5) is 19.8. The van der Waals surface area contributed by atoms with Crippen molar-refractivity contribution in [2.45, 2.75) is 6.92 Å². The SMILES string of the molecule is Cc1nc(-c2cnc3occn23)sc1C=O. The van der Waals surface area contributed by atoms with Gasteiger partial charge in [-0.25, -0.2) is 9.97 Å². The molecule has 16 heavy (non-hydrogen) atoms. The van der Waals surface area contributed by atoms with E-state index in [0.717, 1.165) is 22.7 Å². The van der Waals surface area contributed by atoms with Gasteiger partial charge in [0.1, 0.15) is 17.0 Å². The van der Waals surface area contributed by atoms with Crippen molar-refractivity contribution in [1.82, 2.24) is 14.4 Å². The number of aldehydes is 1. The molecular formula is C10H7N3O2S. The molecule has 6 heteroatoms. The second kappa shape index (κ2) is 3.28. The molecule has 0 amide bonds. The highest BCUT2D eigenvalue weighted by Gasteiger charge is 2.13. The van der Waals surface area contributed by atoms with Crippen molar-refractivity contribution in [3.63, 3.8) is 0 Å². The fourth-order valence-corrected chi connectivity index (χ4v) is 2.40. The van der Waals surface area contributed by atoms with Gasteiger partial charge in [-0.15, -0.1) is 11.3 Å². The van der Waals surface area contributed by atoms with Gasteiger partial charge in [0.15, 0.2) is 6.29 Å². The van der Waals surface area contributed by atoms with Crippen LogP contribution >= 0.6 is 11.3 Å². The number of carbonyl (C=O) groups is 1. The summed E-state index contributed by atoms with van der Waals surface area (Å²) < 4.78 is 6.94. The predicted octanol–water partition coefficient (Wildman–Crippen LogP) is 2.17. The molecule has 0 saturated carbocycles. The number of fused-ring (bicyclic) bond motifs is 1. The summed E-state index contributed by atoms with van der Waals surface area (Å²) in [6, 6.07) is 0. The molecule has 0 spiro atoms. The summed E-state index contributed by atoms with van der Waals surface area (Å²) in [5, 5.41) is 0.772. The topological polar surface area (TPSA) is 60.4 Å². The lowest BCUT2D eigenvalue weighted by Crippen LogP contribution is -1.82. The second-order valence-corrected chi connectivity index (χ2v) is 4.32. The van der Waals surface area contributed by atoms with Gasteiger partial charge in [0, 0.05) is 6.20 Å². The molecule has 0 aliphatic rings. The molecule has 80 valence electrons. The van der Waals surface area contributed by atoms with Crippen molar-refractivity contribution in [1.29, 1.82) is 0 Å². The molecule has 0 N–H and O–H groups in total. The van der Waals surface area contributed by atoms with Crippen molar-refractivity contribution in [3.05, 3.63) is 29.2 Å². The molecule has 3 aromatic heterocycles. The number of thiazole rings is 1. The number of aromatic nitrogens is 3. The van der Waals surface area contributed by atoms with E-state index in [-0.39, 0.29) is 0 Å². The number of rotatable bonds is 2. The Morgan fingerprint density at radius 3 is 3.19 bits per heavy atom. The molecule has 0 saturated heterocycles. The van der Waals surface area contributed by atoms with Crippen LogP contribution in [0.25, 0.3) is 16.5 Å². The van der Waals surface area contributed by atoms with E-state index in [9.17, 15) is 4.79 Å². The van der Waals surface area contributed by atoms with Gasteiger partial charge in [0.05, 0.1) is 16.8 Å². The van der Waals surface area contributed by atoms with Gasteiger partial charge in [-0.3, -0.25) is 9.20 Å². The Bertz CT molecular complexity index is 665. The van der Waals surface area contributed by atoms with Gasteiger partial charge in [-0.1, -0.05) is 0 Å². The third-order valence-electron chi connectivity index (χ3n) is 2.30. The Morgan fingerprint density at radius 1 is 1.56 bits per heavy atom. The number of carbonyl (C=O) groups excluding carboxylic acids is 1. The first-order valence-corrected chi connectivity index (χ1v) is 5.45. The van der Waals surface area contributed by atoms with E-state index < -0.39 is 0 Å². The standard InChI is InChI=1S/C10H7N3O2S/c1-6-8(5-14)16-9(12-6)7-4-11-10-13(7)2-3-15-10/h2-5H,1H3. The Morgan fingerprint density at radius 2 is 2.44 bits per heavy atom. The molecule has 3 rings (SSSR count). The largest absolute Gasteiger partial charge is 0.432 e. The average Bonchev–Trinajstić information content (AvgIpc) is 2.90. The number of imidazole rings is 1. The van der Waals surface area contributed by atoms with Crippen molar-refractivity contribution in [2.24, 2.45) is 0 Å². The maximum Gasteiger partial charge on any atom is 0.306 e. The maximum absolute atomic E-state index is 10.8. The van der Waals surface area contributed by atoms with Gasteiger partial charge in [-0.05, 0) is 6.92 Å². The highest BCUT2D eigenvalue weighted by Crippen LogP contribution is 2.27. The smallest absolute Gasteiger partial charge is 0.306 e. The molecule has 0 aromatic carbocycles. The highest BCUT2D eigenvalue weighted by atomic mass is 32.1. The van der Waals surface area contributed by atoms with Gasteiger partial charge in [0.25, 0.3) is 0 Å². The van der Waals surface area contributed by atoms with E-state index in [1.165, 1.54) is 11.3 Å². The Labute approximate surface area is 94.4 Å². The molecule has 0 radical (unpaired) electrons. The first-order chi connectivity index (χ1) is 7.79. The van der Waals surface area contributed by atoms with Crippen LogP contribution in [0.3, 0.4) is 0 Å². The van der Waals surface area contributed by atoms with Crippen LogP contribution < -0.4 is 0 Å². The molecule has 3 heterocycles. The zero-order chi connectivity index (χ0) is 11.1. The minimum Gasteiger partial charge on any atom is -0.432 e. The van der Waals surface area contributed by atoms with Gasteiger partial charge in [-0.2, -0.15) is 0 Å². The molecule has 0 unspecified atom stereocenters. The van der Waals surface area contributed by atoms with E-state index in [2.05, 4.69) is 9.97 Å². The van der Waals surface area contributed by atoms with Crippen LogP contribution in [-0.4, -0.2) is 20.7 Å². The number of hydrogen-bond acceptors (Lipinski definition) is 5. The normalized spacial score (nSPS) is 11.1. The lowest BCUT2D eigenvalue weighted by atomic mass is 10.4. The van der Waals surface area contributed by atoms with Crippen molar-refractivity contribution in [2.75, 3.05) is 0 Å². The average molecular weight is 233 g/mol. The minimum absolute atomic E-state index is 0.524. The van der Waals surface area contributed by atoms with E-state index in [4.69, 9.17) is 4.42 Å². The van der Waals surface area contributed by atoms with E-state index in [1.54, 1.807) is 23.1 Å². The van der Waals surface area contributed by atoms with E-state index in [0.29, 0.717) is 10.7 Å². The third-order valence-corrected chi connectivity index (χ3v) is 3.41. The minimum atomic E-state index is 0.524. The summed E-state index contributed by atoms with van der Waals surface area (Å²) in [6.45, 7) is 1.82. The molecule has 5 nitrogen and oxygen atoms in total. The Hall–Kier alpha value is -1.95. The summed E-state index contributed by atoms with van der Waals surface area (Å²) in [6.07, 6.45) is 5.84. The lowest BCUT2D eigenvalue weighted by molar-refractivity contribution is 0.112. The van der Waals surface area contributed by atoms with Crippen LogP contribution in [0.4, 0.5) is 0 Å². The maximum atomic E-state index is 10.8. The molecule has 0 aliphatic carbocycles. The molecule has 0 fully saturated rings. The fourth-order valence-electron chi connectivity index (χ4n) is 1.51. The van der Waals surface area contributed by atoms with E-state index in [1.807, 2.05) is 6.92 Å². The fraction of sp³-hybridized carbons (Fsp3) is 0.100. The van der Waals surface area contributed by atoms with Crippen LogP contribution in [0.5, 0.6) is 0 Å². The predicted molar refractivity (Wildman–Crippen MR) is 58.7 cm³/mol. The number of hydrogen-bond donors (Lipinski definition) is 0. The summed E-state index contributed by atoms with van der Waals surface area (Å²) in [5.74, 6) is 0.524. The Balaban J connectivity index is 2.22. The molecule has 0 atom stereocenters. The number of nitrogens with zero attached hydrogens (tertiary/aromatic N) is 3. The second-order valence-electron chi connectivity index (χ2n) is 3.29.